The van der Waals surface area contributed by atoms with Gasteiger partial charge in [0.2, 0.25) is 0 Å². The van der Waals surface area contributed by atoms with E-state index in [2.05, 4.69) is 4.99 Å². The predicted octanol–water partition coefficient (Wildman–Crippen LogP) is 2.22. The van der Waals surface area contributed by atoms with E-state index >= 15 is 0 Å². The molecule has 0 radical (unpaired) electrons. The maximum absolute atomic E-state index is 5.77. The van der Waals surface area contributed by atoms with Gasteiger partial charge in [-0.25, -0.2) is 0 Å². The number of nitrogens with zero attached hydrogens (tertiary/aromatic N) is 1. The summed E-state index contributed by atoms with van der Waals surface area (Å²) in [7, 11) is 3.30. The maximum Gasteiger partial charge on any atom is 0.0903 e. The molecule has 0 bridgehead atoms. The van der Waals surface area contributed by atoms with E-state index in [1.54, 1.807) is 26.6 Å². The average Bonchev–Trinajstić information content (AvgIpc) is 2.30. The van der Waals surface area contributed by atoms with E-state index in [0.29, 0.717) is 5.70 Å². The van der Waals surface area contributed by atoms with Gasteiger partial charge in [-0.1, -0.05) is 30.3 Å². The first-order chi connectivity index (χ1) is 7.77. The molecule has 1 aromatic rings. The molecular formula is C13H16N2O. The number of hydrogen-bond donors (Lipinski definition) is 1. The van der Waals surface area contributed by atoms with Crippen molar-refractivity contribution in [2.45, 2.75) is 0 Å². The number of allylic oxidation sites excluding steroid dienone is 3. The summed E-state index contributed by atoms with van der Waals surface area (Å²) in [6.07, 6.45) is 5.09. The Morgan fingerprint density at radius 1 is 1.31 bits per heavy atom. The van der Waals surface area contributed by atoms with E-state index < -0.39 is 0 Å². The molecule has 0 aromatic heterocycles. The highest BCUT2D eigenvalue weighted by molar-refractivity contribution is 5.84. The molecule has 0 aliphatic heterocycles. The first-order valence-corrected chi connectivity index (χ1v) is 4.95. The van der Waals surface area contributed by atoms with Crippen molar-refractivity contribution in [2.24, 2.45) is 10.7 Å². The van der Waals surface area contributed by atoms with Gasteiger partial charge in [0.15, 0.2) is 0 Å². The summed E-state index contributed by atoms with van der Waals surface area (Å²) >= 11 is 0. The van der Waals surface area contributed by atoms with Gasteiger partial charge >= 0.3 is 0 Å². The van der Waals surface area contributed by atoms with Gasteiger partial charge < -0.3 is 10.5 Å². The van der Waals surface area contributed by atoms with Crippen LogP contribution in [-0.2, 0) is 4.74 Å². The first kappa shape index (κ1) is 12.0. The third-order valence-electron chi connectivity index (χ3n) is 1.95. The fraction of sp³-hybridized carbons (Fsp3) is 0.154. The van der Waals surface area contributed by atoms with Crippen LogP contribution < -0.4 is 5.73 Å². The van der Waals surface area contributed by atoms with Crippen LogP contribution in [0.25, 0.3) is 5.57 Å². The Morgan fingerprint density at radius 3 is 2.56 bits per heavy atom. The highest BCUT2D eigenvalue weighted by Crippen LogP contribution is 2.15. The largest absolute Gasteiger partial charge is 0.504 e. The van der Waals surface area contributed by atoms with Crippen LogP contribution in [0.5, 0.6) is 0 Å². The maximum atomic E-state index is 5.77. The lowest BCUT2D eigenvalue weighted by atomic mass is 10.1. The normalized spacial score (nSPS) is 13.1. The molecule has 1 rings (SSSR count). The number of nitrogens with two attached hydrogens (primary N) is 1. The van der Waals surface area contributed by atoms with E-state index in [0.717, 1.165) is 11.1 Å². The van der Waals surface area contributed by atoms with Crippen LogP contribution in [0.15, 0.2) is 53.4 Å². The van der Waals surface area contributed by atoms with E-state index in [-0.39, 0.29) is 0 Å². The third-order valence-corrected chi connectivity index (χ3v) is 1.95. The number of aliphatic imine (C=N–C) groups is 1. The predicted molar refractivity (Wildman–Crippen MR) is 68.1 cm³/mol. The Labute approximate surface area is 96.0 Å². The van der Waals surface area contributed by atoms with Crippen LogP contribution in [0.3, 0.4) is 0 Å². The fourth-order valence-electron chi connectivity index (χ4n) is 1.31. The van der Waals surface area contributed by atoms with Crippen molar-refractivity contribution < 1.29 is 4.74 Å². The Bertz CT molecular complexity index is 405. The molecule has 0 amide bonds. The molecule has 0 aliphatic carbocycles. The van der Waals surface area contributed by atoms with Crippen molar-refractivity contribution in [1.82, 2.24) is 0 Å². The van der Waals surface area contributed by atoms with Gasteiger partial charge in [0.1, 0.15) is 0 Å². The van der Waals surface area contributed by atoms with Gasteiger partial charge in [0, 0.05) is 18.8 Å². The van der Waals surface area contributed by atoms with Crippen molar-refractivity contribution in [3.63, 3.8) is 0 Å². The molecule has 16 heavy (non-hydrogen) atoms. The molecule has 0 heterocycles. The van der Waals surface area contributed by atoms with Crippen LogP contribution in [0.4, 0.5) is 0 Å². The summed E-state index contributed by atoms with van der Waals surface area (Å²) in [6, 6.07) is 9.90. The minimum atomic E-state index is 0.592. The monoisotopic (exact) mass is 216 g/mol. The number of ether oxygens (including phenoxy) is 1. The number of rotatable bonds is 4. The van der Waals surface area contributed by atoms with Gasteiger partial charge in [-0.15, -0.1) is 0 Å². The molecule has 0 unspecified atom stereocenters. The molecule has 3 heteroatoms. The molecule has 0 atom stereocenters. The minimum Gasteiger partial charge on any atom is -0.504 e. The molecule has 0 saturated carbocycles. The lowest BCUT2D eigenvalue weighted by Gasteiger charge is -2.03. The summed E-state index contributed by atoms with van der Waals surface area (Å²) in [5, 5.41) is 0. The molecule has 0 fully saturated rings. The zero-order valence-corrected chi connectivity index (χ0v) is 9.55. The molecule has 0 saturated heterocycles. The van der Waals surface area contributed by atoms with Gasteiger partial charge in [-0.3, -0.25) is 4.99 Å². The smallest absolute Gasteiger partial charge is 0.0903 e. The van der Waals surface area contributed by atoms with Gasteiger partial charge in [0.25, 0.3) is 0 Å². The van der Waals surface area contributed by atoms with Gasteiger partial charge in [0.05, 0.1) is 19.1 Å². The summed E-state index contributed by atoms with van der Waals surface area (Å²) in [4.78, 5) is 3.86. The molecule has 1 aromatic carbocycles. The third kappa shape index (κ3) is 3.61. The number of methoxy groups -OCH3 is 1. The highest BCUT2D eigenvalue weighted by Gasteiger charge is 1.98. The van der Waals surface area contributed by atoms with Crippen LogP contribution in [0, 0.1) is 0 Å². The quantitative estimate of drug-likeness (QED) is 0.476. The Balaban J connectivity index is 3.03. The van der Waals surface area contributed by atoms with Crippen molar-refractivity contribution in [2.75, 3.05) is 14.2 Å². The van der Waals surface area contributed by atoms with Crippen molar-refractivity contribution in [3.05, 3.63) is 53.9 Å². The Morgan fingerprint density at radius 2 is 2.00 bits per heavy atom. The molecule has 0 aliphatic rings. The zero-order valence-electron chi connectivity index (χ0n) is 9.55. The second-order valence-electron chi connectivity index (χ2n) is 3.21. The minimum absolute atomic E-state index is 0.592. The van der Waals surface area contributed by atoms with E-state index in [4.69, 9.17) is 10.5 Å². The van der Waals surface area contributed by atoms with Crippen molar-refractivity contribution in [3.8, 4) is 0 Å². The number of hydrogen-bond acceptors (Lipinski definition) is 3. The van der Waals surface area contributed by atoms with E-state index in [1.807, 2.05) is 36.4 Å². The molecule has 3 nitrogen and oxygen atoms in total. The van der Waals surface area contributed by atoms with Crippen molar-refractivity contribution in [1.29, 1.82) is 0 Å². The SMILES string of the molecule is CN=C/C(N)=C\C(=C\OC)c1ccccc1. The molecule has 84 valence electrons. The lowest BCUT2D eigenvalue weighted by Crippen LogP contribution is -1.99. The topological polar surface area (TPSA) is 47.6 Å². The summed E-state index contributed by atoms with van der Waals surface area (Å²) in [5.41, 5.74) is 8.33. The highest BCUT2D eigenvalue weighted by atomic mass is 16.5. The van der Waals surface area contributed by atoms with Crippen molar-refractivity contribution >= 4 is 11.8 Å². The van der Waals surface area contributed by atoms with Gasteiger partial charge in [-0.2, -0.15) is 0 Å². The van der Waals surface area contributed by atoms with Crippen LogP contribution >= 0.6 is 0 Å². The molecule has 0 spiro atoms. The Kier molecular flexibility index (Phi) is 4.86. The first-order valence-electron chi connectivity index (χ1n) is 4.95. The fourth-order valence-corrected chi connectivity index (χ4v) is 1.31. The van der Waals surface area contributed by atoms with E-state index in [1.165, 1.54) is 0 Å². The van der Waals surface area contributed by atoms with Crippen LogP contribution in [0.1, 0.15) is 5.56 Å². The standard InChI is InChI=1S/C13H16N2O/c1-15-9-13(14)8-12(10-16-2)11-6-4-3-5-7-11/h3-10H,14H2,1-2H3/b12-10-,13-8+,15-9?. The molecule has 2 N–H and O–H groups in total. The Hall–Kier alpha value is -2.03. The van der Waals surface area contributed by atoms with Gasteiger partial charge in [-0.05, 0) is 11.6 Å². The zero-order chi connectivity index (χ0) is 11.8. The molecular weight excluding hydrogens is 200 g/mol. The summed E-state index contributed by atoms with van der Waals surface area (Å²) in [6.45, 7) is 0. The van der Waals surface area contributed by atoms with Crippen LogP contribution in [-0.4, -0.2) is 20.4 Å². The summed E-state index contributed by atoms with van der Waals surface area (Å²) in [5.74, 6) is 0. The lowest BCUT2D eigenvalue weighted by molar-refractivity contribution is 0.340. The summed E-state index contributed by atoms with van der Waals surface area (Å²) < 4.78 is 5.03. The number of benzene rings is 1. The second kappa shape index (κ2) is 6.45. The van der Waals surface area contributed by atoms with E-state index in [9.17, 15) is 0 Å². The second-order valence-corrected chi connectivity index (χ2v) is 3.21. The van der Waals surface area contributed by atoms with Crippen LogP contribution in [0.2, 0.25) is 0 Å². The average molecular weight is 216 g/mol.